The third kappa shape index (κ3) is 3.66. The largest absolute Gasteiger partial charge is 0.508 e. The van der Waals surface area contributed by atoms with E-state index in [1.807, 2.05) is 27.1 Å². The zero-order chi connectivity index (χ0) is 10.6. The topological polar surface area (TPSA) is 32.7 Å². The normalized spacial score (nSPS) is 10.6. The monoisotopic (exact) mass is 195 g/mol. The van der Waals surface area contributed by atoms with E-state index in [-0.39, 0.29) is 5.75 Å². The molecule has 0 saturated carbocycles. The molecule has 3 heteroatoms. The molecule has 78 valence electrons. The summed E-state index contributed by atoms with van der Waals surface area (Å²) in [4.78, 5) is 2.05. The second-order valence-electron chi connectivity index (χ2n) is 3.66. The van der Waals surface area contributed by atoms with Crippen LogP contribution in [-0.2, 0) is 0 Å². The van der Waals surface area contributed by atoms with Crippen molar-refractivity contribution in [1.82, 2.24) is 4.90 Å². The van der Waals surface area contributed by atoms with Gasteiger partial charge in [-0.15, -0.1) is 0 Å². The summed E-state index contributed by atoms with van der Waals surface area (Å²) in [7, 11) is 3.99. The fraction of sp³-hybridized carbons (Fsp3) is 0.455. The Morgan fingerprint density at radius 2 is 2.00 bits per heavy atom. The molecule has 1 N–H and O–H groups in total. The van der Waals surface area contributed by atoms with Crippen molar-refractivity contribution < 1.29 is 9.84 Å². The number of hydrogen-bond donors (Lipinski definition) is 1. The summed E-state index contributed by atoms with van der Waals surface area (Å²) in [6.07, 6.45) is 0. The minimum atomic E-state index is 0.254. The number of aromatic hydroxyl groups is 1. The molecule has 0 aliphatic rings. The summed E-state index contributed by atoms with van der Waals surface area (Å²) >= 11 is 0. The van der Waals surface area contributed by atoms with Crippen molar-refractivity contribution in [1.29, 1.82) is 0 Å². The maximum Gasteiger partial charge on any atom is 0.123 e. The lowest BCUT2D eigenvalue weighted by Crippen LogP contribution is -2.19. The van der Waals surface area contributed by atoms with Crippen molar-refractivity contribution in [2.24, 2.45) is 0 Å². The minimum Gasteiger partial charge on any atom is -0.508 e. The molecule has 0 unspecified atom stereocenters. The standard InChI is InChI=1S/C11H17NO2/c1-9-6-10(13)8-11(7-9)14-5-4-12(2)3/h6-8,13H,4-5H2,1-3H3. The van der Waals surface area contributed by atoms with E-state index in [0.717, 1.165) is 17.9 Å². The Bertz CT molecular complexity index is 277. The number of phenols is 1. The van der Waals surface area contributed by atoms with Crippen molar-refractivity contribution in [3.05, 3.63) is 23.8 Å². The summed E-state index contributed by atoms with van der Waals surface area (Å²) in [5, 5.41) is 9.31. The fourth-order valence-corrected chi connectivity index (χ4v) is 1.16. The maximum absolute atomic E-state index is 9.31. The zero-order valence-electron chi connectivity index (χ0n) is 8.95. The lowest BCUT2D eigenvalue weighted by molar-refractivity contribution is 0.260. The molecule has 0 bridgehead atoms. The van der Waals surface area contributed by atoms with Crippen LogP contribution in [0.1, 0.15) is 5.56 Å². The van der Waals surface area contributed by atoms with Crippen LogP contribution in [0.2, 0.25) is 0 Å². The number of hydrogen-bond acceptors (Lipinski definition) is 3. The molecule has 14 heavy (non-hydrogen) atoms. The van der Waals surface area contributed by atoms with Crippen molar-refractivity contribution >= 4 is 0 Å². The smallest absolute Gasteiger partial charge is 0.123 e. The Labute approximate surface area is 84.9 Å². The van der Waals surface area contributed by atoms with Crippen LogP contribution in [0.3, 0.4) is 0 Å². The van der Waals surface area contributed by atoms with Gasteiger partial charge in [0.1, 0.15) is 18.1 Å². The van der Waals surface area contributed by atoms with Gasteiger partial charge in [-0.25, -0.2) is 0 Å². The van der Waals surface area contributed by atoms with Crippen LogP contribution in [0.15, 0.2) is 18.2 Å². The number of aryl methyl sites for hydroxylation is 1. The average Bonchev–Trinajstić information content (AvgIpc) is 2.01. The van der Waals surface area contributed by atoms with Crippen LogP contribution in [0.25, 0.3) is 0 Å². The second-order valence-corrected chi connectivity index (χ2v) is 3.66. The van der Waals surface area contributed by atoms with Gasteiger partial charge in [0.2, 0.25) is 0 Å². The summed E-state index contributed by atoms with van der Waals surface area (Å²) in [6.45, 7) is 3.43. The number of ether oxygens (including phenoxy) is 1. The number of nitrogens with zero attached hydrogens (tertiary/aromatic N) is 1. The van der Waals surface area contributed by atoms with Gasteiger partial charge in [0, 0.05) is 12.6 Å². The molecule has 0 amide bonds. The first-order valence-corrected chi connectivity index (χ1v) is 4.66. The number of likely N-dealkylation sites (N-methyl/N-ethyl adjacent to an activating group) is 1. The van der Waals surface area contributed by atoms with E-state index in [2.05, 4.69) is 4.90 Å². The molecule has 1 aromatic rings. The van der Waals surface area contributed by atoms with Crippen molar-refractivity contribution in [2.45, 2.75) is 6.92 Å². The highest BCUT2D eigenvalue weighted by molar-refractivity contribution is 5.36. The minimum absolute atomic E-state index is 0.254. The van der Waals surface area contributed by atoms with Gasteiger partial charge in [0.15, 0.2) is 0 Å². The van der Waals surface area contributed by atoms with Crippen LogP contribution >= 0.6 is 0 Å². The molecule has 0 atom stereocenters. The van der Waals surface area contributed by atoms with E-state index < -0.39 is 0 Å². The van der Waals surface area contributed by atoms with Gasteiger partial charge >= 0.3 is 0 Å². The average molecular weight is 195 g/mol. The molecule has 0 aromatic heterocycles. The van der Waals surface area contributed by atoms with Crippen LogP contribution in [0, 0.1) is 6.92 Å². The third-order valence-corrected chi connectivity index (χ3v) is 1.84. The van der Waals surface area contributed by atoms with Crippen molar-refractivity contribution in [3.8, 4) is 11.5 Å². The number of rotatable bonds is 4. The Morgan fingerprint density at radius 1 is 1.29 bits per heavy atom. The van der Waals surface area contributed by atoms with Gasteiger partial charge in [-0.05, 0) is 38.7 Å². The van der Waals surface area contributed by atoms with Crippen LogP contribution in [0.5, 0.6) is 11.5 Å². The third-order valence-electron chi connectivity index (χ3n) is 1.84. The number of benzene rings is 1. The predicted octanol–water partition coefficient (Wildman–Crippen LogP) is 1.64. The molecule has 0 fully saturated rings. The molecule has 0 heterocycles. The molecular weight excluding hydrogens is 178 g/mol. The summed E-state index contributed by atoms with van der Waals surface area (Å²) in [6, 6.07) is 5.25. The molecule has 0 saturated heterocycles. The molecule has 3 nitrogen and oxygen atoms in total. The van der Waals surface area contributed by atoms with Gasteiger partial charge in [-0.1, -0.05) is 0 Å². The van der Waals surface area contributed by atoms with Gasteiger partial charge < -0.3 is 14.7 Å². The van der Waals surface area contributed by atoms with Crippen molar-refractivity contribution in [2.75, 3.05) is 27.2 Å². The first-order chi connectivity index (χ1) is 6.58. The highest BCUT2D eigenvalue weighted by Crippen LogP contribution is 2.20. The van der Waals surface area contributed by atoms with Crippen molar-refractivity contribution in [3.63, 3.8) is 0 Å². The predicted molar refractivity (Wildman–Crippen MR) is 56.9 cm³/mol. The Hall–Kier alpha value is -1.22. The molecule has 0 radical (unpaired) electrons. The Kier molecular flexibility index (Phi) is 3.77. The van der Waals surface area contributed by atoms with E-state index in [0.29, 0.717) is 6.61 Å². The maximum atomic E-state index is 9.31. The van der Waals surface area contributed by atoms with Gasteiger partial charge in [0.05, 0.1) is 0 Å². The van der Waals surface area contributed by atoms with E-state index >= 15 is 0 Å². The fourth-order valence-electron chi connectivity index (χ4n) is 1.16. The lowest BCUT2D eigenvalue weighted by Gasteiger charge is -2.11. The van der Waals surface area contributed by atoms with Gasteiger partial charge in [-0.2, -0.15) is 0 Å². The van der Waals surface area contributed by atoms with Crippen LogP contribution in [0.4, 0.5) is 0 Å². The number of phenolic OH excluding ortho intramolecular Hbond substituents is 1. The van der Waals surface area contributed by atoms with E-state index in [9.17, 15) is 5.11 Å². The Balaban J connectivity index is 2.50. The first kappa shape index (κ1) is 10.9. The zero-order valence-corrected chi connectivity index (χ0v) is 8.95. The van der Waals surface area contributed by atoms with Gasteiger partial charge in [-0.3, -0.25) is 0 Å². The molecule has 1 aromatic carbocycles. The molecule has 0 aliphatic carbocycles. The second kappa shape index (κ2) is 4.86. The quantitative estimate of drug-likeness (QED) is 0.792. The summed E-state index contributed by atoms with van der Waals surface area (Å²) < 4.78 is 5.48. The van der Waals surface area contributed by atoms with Crippen LogP contribution in [-0.4, -0.2) is 37.3 Å². The van der Waals surface area contributed by atoms with Gasteiger partial charge in [0.25, 0.3) is 0 Å². The summed E-state index contributed by atoms with van der Waals surface area (Å²) in [5.74, 6) is 0.981. The SMILES string of the molecule is Cc1cc(O)cc(OCCN(C)C)c1. The summed E-state index contributed by atoms with van der Waals surface area (Å²) in [5.41, 5.74) is 1.00. The highest BCUT2D eigenvalue weighted by atomic mass is 16.5. The molecule has 0 aliphatic heterocycles. The van der Waals surface area contributed by atoms with Crippen LogP contribution < -0.4 is 4.74 Å². The lowest BCUT2D eigenvalue weighted by atomic mass is 10.2. The first-order valence-electron chi connectivity index (χ1n) is 4.66. The van der Waals surface area contributed by atoms with E-state index in [1.54, 1.807) is 12.1 Å². The highest BCUT2D eigenvalue weighted by Gasteiger charge is 1.98. The molecule has 0 spiro atoms. The Morgan fingerprint density at radius 3 is 2.57 bits per heavy atom. The molecule has 1 rings (SSSR count). The van der Waals surface area contributed by atoms with E-state index in [1.165, 1.54) is 0 Å². The molecular formula is C11H17NO2. The van der Waals surface area contributed by atoms with E-state index in [4.69, 9.17) is 4.74 Å².